The van der Waals surface area contributed by atoms with Crippen molar-refractivity contribution in [3.63, 3.8) is 0 Å². The molecule has 0 unspecified atom stereocenters. The highest BCUT2D eigenvalue weighted by Crippen LogP contribution is 2.30. The number of halogens is 2. The molecule has 0 aromatic heterocycles. The molecule has 7 heteroatoms. The van der Waals surface area contributed by atoms with E-state index in [1.54, 1.807) is 24.3 Å². The lowest BCUT2D eigenvalue weighted by Gasteiger charge is -2.11. The van der Waals surface area contributed by atoms with Gasteiger partial charge in [0.2, 0.25) is 0 Å². The predicted octanol–water partition coefficient (Wildman–Crippen LogP) is 4.55. The van der Waals surface area contributed by atoms with Gasteiger partial charge in [-0.25, -0.2) is 9.59 Å². The van der Waals surface area contributed by atoms with Crippen molar-refractivity contribution in [3.8, 4) is 0 Å². The molecule has 0 fully saturated rings. The van der Waals surface area contributed by atoms with E-state index in [0.29, 0.717) is 11.4 Å². The quantitative estimate of drug-likeness (QED) is 0.690. The van der Waals surface area contributed by atoms with E-state index in [0.717, 1.165) is 8.95 Å². The number of carboxylic acids is 1. The third kappa shape index (κ3) is 4.05. The van der Waals surface area contributed by atoms with Crippen LogP contribution in [0.15, 0.2) is 51.4 Å². The zero-order valence-electron chi connectivity index (χ0n) is 10.6. The zero-order valence-corrected chi connectivity index (χ0v) is 13.7. The summed E-state index contributed by atoms with van der Waals surface area (Å²) >= 11 is 6.68. The summed E-state index contributed by atoms with van der Waals surface area (Å²) in [6.45, 7) is 0. The first-order chi connectivity index (χ1) is 9.97. The van der Waals surface area contributed by atoms with Crippen LogP contribution in [0.4, 0.5) is 16.2 Å². The molecule has 0 bridgehead atoms. The monoisotopic (exact) mass is 412 g/mol. The fourth-order valence-electron chi connectivity index (χ4n) is 1.62. The molecule has 108 valence electrons. The first-order valence-electron chi connectivity index (χ1n) is 5.83. The minimum Gasteiger partial charge on any atom is -0.478 e. The average Bonchev–Trinajstić information content (AvgIpc) is 2.43. The lowest BCUT2D eigenvalue weighted by Crippen LogP contribution is -2.20. The number of para-hydroxylation sites is 1. The Morgan fingerprint density at radius 3 is 2.19 bits per heavy atom. The van der Waals surface area contributed by atoms with Crippen molar-refractivity contribution in [1.82, 2.24) is 0 Å². The highest BCUT2D eigenvalue weighted by Gasteiger charge is 2.10. The van der Waals surface area contributed by atoms with Gasteiger partial charge in [0, 0.05) is 14.6 Å². The lowest BCUT2D eigenvalue weighted by molar-refractivity contribution is 0.0697. The molecular weight excluding hydrogens is 404 g/mol. The van der Waals surface area contributed by atoms with Crippen LogP contribution in [0.5, 0.6) is 0 Å². The molecule has 2 aromatic carbocycles. The molecule has 0 spiro atoms. The molecule has 0 aliphatic carbocycles. The summed E-state index contributed by atoms with van der Waals surface area (Å²) in [6.07, 6.45) is 0. The van der Waals surface area contributed by atoms with Crippen molar-refractivity contribution in [2.24, 2.45) is 0 Å². The van der Waals surface area contributed by atoms with Gasteiger partial charge < -0.3 is 15.7 Å². The minimum absolute atomic E-state index is 0.106. The topological polar surface area (TPSA) is 78.4 Å². The second kappa shape index (κ2) is 6.73. The number of urea groups is 1. The third-order valence-corrected chi connectivity index (χ3v) is 3.89. The molecule has 2 aromatic rings. The molecule has 0 saturated carbocycles. The van der Waals surface area contributed by atoms with Gasteiger partial charge in [-0.05, 0) is 62.2 Å². The summed E-state index contributed by atoms with van der Waals surface area (Å²) in [5.74, 6) is -1.05. The van der Waals surface area contributed by atoms with Crippen molar-refractivity contribution < 1.29 is 14.7 Å². The van der Waals surface area contributed by atoms with Crippen LogP contribution in [0, 0.1) is 0 Å². The maximum atomic E-state index is 12.0. The Morgan fingerprint density at radius 1 is 0.952 bits per heavy atom. The fraction of sp³-hybridized carbons (Fsp3) is 0. The number of rotatable bonds is 3. The Morgan fingerprint density at radius 2 is 1.57 bits per heavy atom. The van der Waals surface area contributed by atoms with E-state index >= 15 is 0 Å². The Bertz CT molecular complexity index is 684. The summed E-state index contributed by atoms with van der Waals surface area (Å²) in [7, 11) is 0. The van der Waals surface area contributed by atoms with Gasteiger partial charge in [0.1, 0.15) is 0 Å². The molecule has 21 heavy (non-hydrogen) atoms. The van der Waals surface area contributed by atoms with Gasteiger partial charge in [0.25, 0.3) is 0 Å². The smallest absolute Gasteiger partial charge is 0.335 e. The molecule has 2 rings (SSSR count). The van der Waals surface area contributed by atoms with E-state index < -0.39 is 12.0 Å². The van der Waals surface area contributed by atoms with Crippen LogP contribution < -0.4 is 10.6 Å². The molecule has 3 N–H and O–H groups in total. The van der Waals surface area contributed by atoms with Crippen LogP contribution in [0.25, 0.3) is 0 Å². The van der Waals surface area contributed by atoms with E-state index in [1.165, 1.54) is 12.1 Å². The molecule has 0 radical (unpaired) electrons. The Labute approximate surface area is 137 Å². The molecular formula is C14H10Br2N2O3. The maximum Gasteiger partial charge on any atom is 0.335 e. The van der Waals surface area contributed by atoms with E-state index in [1.807, 2.05) is 6.07 Å². The van der Waals surface area contributed by atoms with Crippen LogP contribution in [-0.4, -0.2) is 17.1 Å². The first-order valence-corrected chi connectivity index (χ1v) is 7.41. The molecule has 0 atom stereocenters. The number of benzene rings is 2. The first kappa shape index (κ1) is 15.5. The SMILES string of the molecule is O=C(Nc1cccc(C(=O)O)c1)Nc1c(Br)cccc1Br. The Balaban J connectivity index is 2.12. The Kier molecular flexibility index (Phi) is 4.98. The Hall–Kier alpha value is -1.86. The summed E-state index contributed by atoms with van der Waals surface area (Å²) in [5.41, 5.74) is 1.09. The molecule has 2 amide bonds. The van der Waals surface area contributed by atoms with Gasteiger partial charge in [-0.2, -0.15) is 0 Å². The molecule has 0 aliphatic rings. The minimum atomic E-state index is -1.05. The largest absolute Gasteiger partial charge is 0.478 e. The van der Waals surface area contributed by atoms with Crippen LogP contribution in [-0.2, 0) is 0 Å². The average molecular weight is 414 g/mol. The number of carbonyl (C=O) groups excluding carboxylic acids is 1. The van der Waals surface area contributed by atoms with E-state index in [9.17, 15) is 9.59 Å². The lowest BCUT2D eigenvalue weighted by atomic mass is 10.2. The number of carboxylic acid groups (broad SMARTS) is 1. The maximum absolute atomic E-state index is 12.0. The predicted molar refractivity (Wildman–Crippen MR) is 87.9 cm³/mol. The normalized spacial score (nSPS) is 10.0. The van der Waals surface area contributed by atoms with Crippen molar-refractivity contribution in [2.45, 2.75) is 0 Å². The summed E-state index contributed by atoms with van der Waals surface area (Å²) in [6, 6.07) is 11.0. The highest BCUT2D eigenvalue weighted by atomic mass is 79.9. The van der Waals surface area contributed by atoms with Crippen LogP contribution in [0.2, 0.25) is 0 Å². The van der Waals surface area contributed by atoms with Crippen molar-refractivity contribution in [2.75, 3.05) is 10.6 Å². The van der Waals surface area contributed by atoms with Gasteiger partial charge in [-0.15, -0.1) is 0 Å². The van der Waals surface area contributed by atoms with Crippen molar-refractivity contribution >= 4 is 55.2 Å². The van der Waals surface area contributed by atoms with Gasteiger partial charge >= 0.3 is 12.0 Å². The van der Waals surface area contributed by atoms with Crippen molar-refractivity contribution in [1.29, 1.82) is 0 Å². The number of amides is 2. The van der Waals surface area contributed by atoms with Gasteiger partial charge in [-0.1, -0.05) is 12.1 Å². The zero-order chi connectivity index (χ0) is 15.4. The number of aromatic carboxylic acids is 1. The van der Waals surface area contributed by atoms with Gasteiger partial charge in [0.15, 0.2) is 0 Å². The van der Waals surface area contributed by atoms with Gasteiger partial charge in [0.05, 0.1) is 11.3 Å². The fourth-order valence-corrected chi connectivity index (χ4v) is 2.82. The van der Waals surface area contributed by atoms with Gasteiger partial charge in [-0.3, -0.25) is 0 Å². The molecule has 0 heterocycles. The van der Waals surface area contributed by atoms with Crippen LogP contribution >= 0.6 is 31.9 Å². The number of carbonyl (C=O) groups is 2. The van der Waals surface area contributed by atoms with Crippen LogP contribution in [0.3, 0.4) is 0 Å². The third-order valence-electron chi connectivity index (χ3n) is 2.57. The molecule has 5 nitrogen and oxygen atoms in total. The number of hydrogen-bond acceptors (Lipinski definition) is 2. The summed E-state index contributed by atoms with van der Waals surface area (Å²) in [5, 5.41) is 14.2. The second-order valence-corrected chi connectivity index (χ2v) is 5.77. The van der Waals surface area contributed by atoms with Crippen molar-refractivity contribution in [3.05, 3.63) is 57.0 Å². The standard InChI is InChI=1S/C14H10Br2N2O3/c15-10-5-2-6-11(16)12(10)18-14(21)17-9-4-1-3-8(7-9)13(19)20/h1-7H,(H,19,20)(H2,17,18,21). The molecule has 0 saturated heterocycles. The number of hydrogen-bond donors (Lipinski definition) is 3. The highest BCUT2D eigenvalue weighted by molar-refractivity contribution is 9.11. The van der Waals surface area contributed by atoms with Crippen LogP contribution in [0.1, 0.15) is 10.4 Å². The summed E-state index contributed by atoms with van der Waals surface area (Å²) < 4.78 is 1.46. The number of anilines is 2. The molecule has 0 aliphatic heterocycles. The van der Waals surface area contributed by atoms with E-state index in [2.05, 4.69) is 42.5 Å². The summed E-state index contributed by atoms with van der Waals surface area (Å²) in [4.78, 5) is 22.8. The van der Waals surface area contributed by atoms with E-state index in [-0.39, 0.29) is 5.56 Å². The number of nitrogens with one attached hydrogen (secondary N) is 2. The second-order valence-electron chi connectivity index (χ2n) is 4.06. The van der Waals surface area contributed by atoms with E-state index in [4.69, 9.17) is 5.11 Å².